The highest BCUT2D eigenvalue weighted by Crippen LogP contribution is 2.32. The molecule has 0 bridgehead atoms. The third-order valence-electron chi connectivity index (χ3n) is 7.27. The second-order valence-electron chi connectivity index (χ2n) is 10.2. The predicted molar refractivity (Wildman–Crippen MR) is 164 cm³/mol. The van der Waals surface area contributed by atoms with E-state index < -0.39 is 28.5 Å². The van der Waals surface area contributed by atoms with Crippen molar-refractivity contribution in [2.45, 2.75) is 63.1 Å². The summed E-state index contributed by atoms with van der Waals surface area (Å²) in [7, 11) is -4.23. The third-order valence-corrected chi connectivity index (χ3v) is 10.1. The Morgan fingerprint density at radius 2 is 1.49 bits per heavy atom. The molecule has 4 rings (SSSR count). The number of rotatable bonds is 10. The average Bonchev–Trinajstić information content (AvgIpc) is 3.45. The van der Waals surface area contributed by atoms with Crippen LogP contribution < -0.4 is 9.62 Å². The molecule has 0 heterocycles. The number of nitrogens with zero attached hydrogens (tertiary/aromatic N) is 2. The molecule has 0 aromatic heterocycles. The second-order valence-corrected chi connectivity index (χ2v) is 13.2. The molecule has 3 aromatic carbocycles. The zero-order valence-corrected chi connectivity index (χ0v) is 25.9. The molecule has 1 aliphatic rings. The summed E-state index contributed by atoms with van der Waals surface area (Å²) in [5.74, 6) is -0.954. The quantitative estimate of drug-likeness (QED) is 0.271. The Labute approximate surface area is 256 Å². The van der Waals surface area contributed by atoms with Gasteiger partial charge in [0.15, 0.2) is 0 Å². The molecule has 1 N–H and O–H groups in total. The van der Waals surface area contributed by atoms with Gasteiger partial charge in [0.2, 0.25) is 11.8 Å². The Balaban J connectivity index is 1.73. The van der Waals surface area contributed by atoms with Gasteiger partial charge in [0.05, 0.1) is 15.6 Å². The predicted octanol–water partition coefficient (Wildman–Crippen LogP) is 6.63. The molecule has 0 unspecified atom stereocenters. The van der Waals surface area contributed by atoms with Crippen molar-refractivity contribution in [3.63, 3.8) is 0 Å². The standard InChI is InChI=1S/C30H32Cl3N3O4S/c1-20-14-16-23(17-15-20)41(39,40)36(28-13-6-5-10-27(28)33)19-29(37)35(18-24-25(31)11-7-12-26(24)32)21(2)30(38)34-22-8-3-4-9-22/h5-7,10-17,21-22H,3-4,8-9,18-19H2,1-2H3,(H,34,38)/t21-/m1/s1. The van der Waals surface area contributed by atoms with Crippen LogP contribution in [0.2, 0.25) is 15.1 Å². The summed E-state index contributed by atoms with van der Waals surface area (Å²) in [5.41, 5.74) is 1.48. The minimum absolute atomic E-state index is 0.00328. The van der Waals surface area contributed by atoms with E-state index in [4.69, 9.17) is 34.8 Å². The van der Waals surface area contributed by atoms with Gasteiger partial charge >= 0.3 is 0 Å². The summed E-state index contributed by atoms with van der Waals surface area (Å²) in [4.78, 5) is 28.7. The van der Waals surface area contributed by atoms with Crippen LogP contribution in [0.15, 0.2) is 71.6 Å². The smallest absolute Gasteiger partial charge is 0.264 e. The van der Waals surface area contributed by atoms with Crippen molar-refractivity contribution in [1.29, 1.82) is 0 Å². The zero-order valence-electron chi connectivity index (χ0n) is 22.8. The molecule has 41 heavy (non-hydrogen) atoms. The highest BCUT2D eigenvalue weighted by atomic mass is 35.5. The van der Waals surface area contributed by atoms with Crippen molar-refractivity contribution >= 4 is 62.3 Å². The number of carbonyl (C=O) groups excluding carboxylic acids is 2. The van der Waals surface area contributed by atoms with Gasteiger partial charge in [0.1, 0.15) is 12.6 Å². The van der Waals surface area contributed by atoms with E-state index in [2.05, 4.69) is 5.32 Å². The number of amides is 2. The minimum atomic E-state index is -4.23. The van der Waals surface area contributed by atoms with Crippen molar-refractivity contribution in [3.8, 4) is 0 Å². The first-order valence-corrected chi connectivity index (χ1v) is 15.9. The molecule has 1 fully saturated rings. The second kappa shape index (κ2) is 13.5. The molecule has 218 valence electrons. The van der Waals surface area contributed by atoms with E-state index in [1.807, 2.05) is 6.92 Å². The molecule has 1 saturated carbocycles. The molecule has 7 nitrogen and oxygen atoms in total. The lowest BCUT2D eigenvalue weighted by atomic mass is 10.1. The van der Waals surface area contributed by atoms with Crippen LogP contribution in [0.5, 0.6) is 0 Å². The van der Waals surface area contributed by atoms with E-state index in [0.717, 1.165) is 35.6 Å². The number of para-hydroxylation sites is 1. The number of sulfonamides is 1. The number of aryl methyl sites for hydroxylation is 1. The largest absolute Gasteiger partial charge is 0.352 e. The van der Waals surface area contributed by atoms with E-state index in [9.17, 15) is 18.0 Å². The van der Waals surface area contributed by atoms with E-state index in [1.54, 1.807) is 55.5 Å². The lowest BCUT2D eigenvalue weighted by Crippen LogP contribution is -2.52. The molecule has 1 aliphatic carbocycles. The van der Waals surface area contributed by atoms with E-state index >= 15 is 0 Å². The topological polar surface area (TPSA) is 86.8 Å². The number of benzene rings is 3. The number of hydrogen-bond acceptors (Lipinski definition) is 4. The van der Waals surface area contributed by atoms with Gasteiger partial charge in [-0.1, -0.05) is 83.5 Å². The lowest BCUT2D eigenvalue weighted by Gasteiger charge is -2.33. The first kappa shape index (κ1) is 31.2. The Morgan fingerprint density at radius 1 is 0.902 bits per heavy atom. The molecule has 3 aromatic rings. The van der Waals surface area contributed by atoms with Crippen LogP contribution in [0.3, 0.4) is 0 Å². The summed E-state index contributed by atoms with van der Waals surface area (Å²) in [6.45, 7) is 2.75. The molecule has 2 amide bonds. The summed E-state index contributed by atoms with van der Waals surface area (Å²) < 4.78 is 28.8. The molecule has 0 aliphatic heterocycles. The molecule has 1 atom stereocenters. The van der Waals surface area contributed by atoms with Crippen LogP contribution in [-0.2, 0) is 26.2 Å². The summed E-state index contributed by atoms with van der Waals surface area (Å²) in [6.07, 6.45) is 3.80. The summed E-state index contributed by atoms with van der Waals surface area (Å²) in [6, 6.07) is 16.8. The Kier molecular flexibility index (Phi) is 10.2. The number of halogens is 3. The molecule has 0 radical (unpaired) electrons. The fourth-order valence-corrected chi connectivity index (χ4v) is 7.07. The Hall–Kier alpha value is -2.78. The van der Waals surface area contributed by atoms with Crippen LogP contribution in [0.4, 0.5) is 5.69 Å². The minimum Gasteiger partial charge on any atom is -0.352 e. The third kappa shape index (κ3) is 7.36. The van der Waals surface area contributed by atoms with E-state index in [0.29, 0.717) is 15.6 Å². The lowest BCUT2D eigenvalue weighted by molar-refractivity contribution is -0.139. The molecular formula is C30H32Cl3N3O4S. The van der Waals surface area contributed by atoms with Gasteiger partial charge in [0, 0.05) is 28.2 Å². The van der Waals surface area contributed by atoms with E-state index in [-0.39, 0.29) is 34.1 Å². The monoisotopic (exact) mass is 635 g/mol. The van der Waals surface area contributed by atoms with Crippen LogP contribution in [0.1, 0.15) is 43.7 Å². The zero-order chi connectivity index (χ0) is 29.7. The van der Waals surface area contributed by atoms with E-state index in [1.165, 1.54) is 23.1 Å². The number of nitrogens with one attached hydrogen (secondary N) is 1. The molecule has 0 saturated heterocycles. The molecular weight excluding hydrogens is 605 g/mol. The normalized spacial score (nSPS) is 14.5. The van der Waals surface area contributed by atoms with Crippen molar-refractivity contribution in [3.05, 3.63) is 92.9 Å². The van der Waals surface area contributed by atoms with Crippen molar-refractivity contribution in [2.24, 2.45) is 0 Å². The Bertz CT molecular complexity index is 1490. The first-order valence-electron chi connectivity index (χ1n) is 13.4. The van der Waals surface area contributed by atoms with Gasteiger partial charge in [-0.25, -0.2) is 8.42 Å². The average molecular weight is 637 g/mol. The number of carbonyl (C=O) groups is 2. The maximum atomic E-state index is 14.1. The summed E-state index contributed by atoms with van der Waals surface area (Å²) in [5, 5.41) is 3.84. The maximum Gasteiger partial charge on any atom is 0.264 e. The van der Waals surface area contributed by atoms with Gasteiger partial charge in [-0.3, -0.25) is 13.9 Å². The SMILES string of the molecule is Cc1ccc(S(=O)(=O)N(CC(=O)N(Cc2c(Cl)cccc2Cl)[C@H](C)C(=O)NC2CCCC2)c2ccccc2Cl)cc1. The Morgan fingerprint density at radius 3 is 2.10 bits per heavy atom. The fourth-order valence-electron chi connectivity index (χ4n) is 4.83. The van der Waals surface area contributed by atoms with Crippen LogP contribution in [-0.4, -0.2) is 43.8 Å². The van der Waals surface area contributed by atoms with Crippen LogP contribution in [0.25, 0.3) is 0 Å². The highest BCUT2D eigenvalue weighted by Gasteiger charge is 2.34. The summed E-state index contributed by atoms with van der Waals surface area (Å²) >= 11 is 19.3. The number of anilines is 1. The van der Waals surface area contributed by atoms with Crippen molar-refractivity contribution in [1.82, 2.24) is 10.2 Å². The molecule has 11 heteroatoms. The van der Waals surface area contributed by atoms with Gasteiger partial charge in [0.25, 0.3) is 10.0 Å². The van der Waals surface area contributed by atoms with Crippen LogP contribution >= 0.6 is 34.8 Å². The highest BCUT2D eigenvalue weighted by molar-refractivity contribution is 7.92. The van der Waals surface area contributed by atoms with Crippen LogP contribution in [0, 0.1) is 6.92 Å². The van der Waals surface area contributed by atoms with Crippen molar-refractivity contribution < 1.29 is 18.0 Å². The van der Waals surface area contributed by atoms with Gasteiger partial charge in [-0.15, -0.1) is 0 Å². The maximum absolute atomic E-state index is 14.1. The molecule has 0 spiro atoms. The number of hydrogen-bond donors (Lipinski definition) is 1. The van der Waals surface area contributed by atoms with Gasteiger partial charge in [-0.2, -0.15) is 0 Å². The first-order chi connectivity index (χ1) is 19.5. The van der Waals surface area contributed by atoms with Crippen molar-refractivity contribution in [2.75, 3.05) is 10.8 Å². The fraction of sp³-hybridized carbons (Fsp3) is 0.333. The van der Waals surface area contributed by atoms with Gasteiger partial charge in [-0.05, 0) is 63.1 Å². The van der Waals surface area contributed by atoms with Gasteiger partial charge < -0.3 is 10.2 Å².